The smallest absolute Gasteiger partial charge is 0.377 e. The Kier molecular flexibility index (Phi) is 58.6. The fourth-order valence-corrected chi connectivity index (χ4v) is 23.0. The molecule has 476 valence electrons. The number of thioether (sulfide) groups is 6. The number of unbranched alkanes of at least 4 members (excludes halogenated alkanes) is 11. The van der Waals surface area contributed by atoms with Gasteiger partial charge in [0.25, 0.3) is 0 Å². The molecule has 0 aliphatic heterocycles. The van der Waals surface area contributed by atoms with E-state index in [1.54, 1.807) is 64.0 Å². The summed E-state index contributed by atoms with van der Waals surface area (Å²) in [5.74, 6) is 15.2. The molecule has 0 fully saturated rings. The van der Waals surface area contributed by atoms with Crippen molar-refractivity contribution in [2.24, 2.45) is 10.8 Å². The highest BCUT2D eigenvalue weighted by Crippen LogP contribution is 2.43. The summed E-state index contributed by atoms with van der Waals surface area (Å²) in [5, 5.41) is 0. The first-order valence-corrected chi connectivity index (χ1v) is 44.7. The zero-order chi connectivity index (χ0) is 58.3. The molecule has 0 aromatic heterocycles. The highest BCUT2D eigenvalue weighted by Gasteiger charge is 2.39. The Bertz CT molecular complexity index is 1120. The van der Waals surface area contributed by atoms with Crippen LogP contribution in [0.4, 0.5) is 0 Å². The summed E-state index contributed by atoms with van der Waals surface area (Å²) in [6.45, 7) is 7.01. The van der Waals surface area contributed by atoms with E-state index in [2.05, 4.69) is 91.3 Å². The monoisotopic (exact) mass is 1280 g/mol. The first-order chi connectivity index (χ1) is 38.6. The topological polar surface area (TPSA) is 83.1 Å². The molecule has 0 aromatic rings. The van der Waals surface area contributed by atoms with Gasteiger partial charge in [0.2, 0.25) is 0 Å². The van der Waals surface area contributed by atoms with Crippen LogP contribution in [0.25, 0.3) is 0 Å². The van der Waals surface area contributed by atoms with Crippen molar-refractivity contribution in [3.05, 3.63) is 0 Å². The van der Waals surface area contributed by atoms with E-state index in [0.717, 1.165) is 54.7 Å². The fraction of sp³-hybridized carbons (Fsp3) is 1.00. The summed E-state index contributed by atoms with van der Waals surface area (Å²) >= 11 is 13.0. The Labute approximate surface area is 521 Å². The molecule has 0 unspecified atom stereocenters. The molecule has 0 bridgehead atoms. The van der Waals surface area contributed by atoms with E-state index in [1.807, 2.05) is 0 Å². The maximum absolute atomic E-state index is 5.71. The molecule has 0 saturated heterocycles. The predicted octanol–water partition coefficient (Wildman–Crippen LogP) is 19.5. The highest BCUT2D eigenvalue weighted by atomic mass is 32.2. The minimum absolute atomic E-state index is 0.408. The predicted molar refractivity (Wildman–Crippen MR) is 368 cm³/mol. The van der Waals surface area contributed by atoms with Gasteiger partial charge in [-0.1, -0.05) is 97.8 Å². The van der Waals surface area contributed by atoms with Gasteiger partial charge in [0.05, 0.1) is 0 Å². The van der Waals surface area contributed by atoms with Crippen LogP contribution in [-0.2, 0) is 39.8 Å². The van der Waals surface area contributed by atoms with Crippen LogP contribution in [0, 0.1) is 10.8 Å². The van der Waals surface area contributed by atoms with Crippen molar-refractivity contribution in [2.75, 3.05) is 133 Å². The first kappa shape index (κ1) is 81.4. The quantitative estimate of drug-likeness (QED) is 0.0428. The van der Waals surface area contributed by atoms with Gasteiger partial charge >= 0.3 is 26.4 Å². The van der Waals surface area contributed by atoms with Gasteiger partial charge in [-0.15, -0.1) is 0 Å². The van der Waals surface area contributed by atoms with E-state index in [0.29, 0.717) is 10.8 Å². The van der Waals surface area contributed by atoms with Gasteiger partial charge in [-0.3, -0.25) is 0 Å². The maximum atomic E-state index is 5.71. The Morgan fingerprint density at radius 1 is 0.215 bits per heavy atom. The molecule has 0 rings (SSSR count). The maximum Gasteiger partial charge on any atom is 0.500 e. The lowest BCUT2D eigenvalue weighted by Gasteiger charge is -2.35. The van der Waals surface area contributed by atoms with Crippen molar-refractivity contribution in [1.29, 1.82) is 0 Å². The van der Waals surface area contributed by atoms with E-state index in [1.165, 1.54) is 238 Å². The third-order valence-electron chi connectivity index (χ3n) is 16.4. The normalized spacial score (nSPS) is 12.9. The van der Waals surface area contributed by atoms with Gasteiger partial charge in [-0.2, -0.15) is 70.6 Å². The second-order valence-electron chi connectivity index (χ2n) is 22.2. The van der Waals surface area contributed by atoms with Gasteiger partial charge in [0, 0.05) is 82.1 Å². The van der Waals surface area contributed by atoms with Crippen LogP contribution in [0.1, 0.15) is 226 Å². The molecule has 9 nitrogen and oxygen atoms in total. The van der Waals surface area contributed by atoms with E-state index in [9.17, 15) is 0 Å². The molecule has 18 heteroatoms. The Hall–Kier alpha value is 2.39. The molecule has 0 saturated carbocycles. The van der Waals surface area contributed by atoms with Crippen molar-refractivity contribution in [1.82, 2.24) is 0 Å². The van der Waals surface area contributed by atoms with Crippen molar-refractivity contribution in [3.8, 4) is 0 Å². The molecule has 0 atom stereocenters. The van der Waals surface area contributed by atoms with Gasteiger partial charge in [-0.05, 0) is 208 Å². The van der Waals surface area contributed by atoms with Crippen molar-refractivity contribution >= 4 is 97.0 Å². The summed E-state index contributed by atoms with van der Waals surface area (Å²) in [7, 11) is 7.98. The molecule has 0 spiro atoms. The van der Waals surface area contributed by atoms with Crippen LogP contribution >= 0.6 is 70.6 Å². The molecule has 0 aliphatic carbocycles. The lowest BCUT2D eigenvalue weighted by atomic mass is 9.72. The molecule has 0 N–H and O–H groups in total. The highest BCUT2D eigenvalue weighted by molar-refractivity contribution is 8.00. The van der Waals surface area contributed by atoms with Crippen LogP contribution in [0.5, 0.6) is 0 Å². The zero-order valence-electron chi connectivity index (χ0n) is 53.9. The van der Waals surface area contributed by atoms with E-state index in [4.69, 9.17) is 39.8 Å². The minimum Gasteiger partial charge on any atom is -0.377 e. The summed E-state index contributed by atoms with van der Waals surface area (Å²) in [6.07, 6.45) is 43.4. The fourth-order valence-electron chi connectivity index (χ4n) is 11.2. The molecule has 0 aliphatic rings. The van der Waals surface area contributed by atoms with Crippen LogP contribution in [0.15, 0.2) is 0 Å². The van der Waals surface area contributed by atoms with E-state index < -0.39 is 26.4 Å². The molecule has 0 amide bonds. The number of rotatable bonds is 66. The molecule has 0 aromatic carbocycles. The van der Waals surface area contributed by atoms with Gasteiger partial charge in [-0.25, -0.2) is 0 Å². The first-order valence-electron chi connectivity index (χ1n) is 32.0. The molecule has 79 heavy (non-hydrogen) atoms. The van der Waals surface area contributed by atoms with Crippen LogP contribution in [-0.4, -0.2) is 159 Å². The van der Waals surface area contributed by atoms with Crippen molar-refractivity contribution in [2.45, 2.75) is 244 Å². The summed E-state index contributed by atoms with van der Waals surface area (Å²) in [5.41, 5.74) is 0.980. The van der Waals surface area contributed by atoms with Gasteiger partial charge in [0.1, 0.15) is 0 Å². The van der Waals surface area contributed by atoms with E-state index in [-0.39, 0.29) is 0 Å². The summed E-state index contributed by atoms with van der Waals surface area (Å²) in [4.78, 5) is 0. The van der Waals surface area contributed by atoms with E-state index >= 15 is 0 Å². The number of hydrogen-bond acceptors (Lipinski definition) is 15. The average molecular weight is 1280 g/mol. The van der Waals surface area contributed by atoms with Crippen LogP contribution in [0.3, 0.4) is 0 Å². The summed E-state index contributed by atoms with van der Waals surface area (Å²) < 4.78 is 51.4. The second-order valence-corrected chi connectivity index (χ2v) is 38.9. The number of hydrogen-bond donors (Lipinski definition) is 0. The SMILES string of the molecule is CCCCSCCCC(CCCCCCCCCCCC(CCCSCCC[Si](OC)(OC)OC)(CCCSCCC[Si](OC)(OC)OC)CCCSCCC[Si](OC)(OC)OC)(CCCSCCCC)CCCSCCCC. The lowest BCUT2D eigenvalue weighted by Crippen LogP contribution is -2.42. The largest absolute Gasteiger partial charge is 0.500 e. The minimum atomic E-state index is -2.52. The van der Waals surface area contributed by atoms with Crippen molar-refractivity contribution in [3.63, 3.8) is 0 Å². The van der Waals surface area contributed by atoms with Crippen LogP contribution < -0.4 is 0 Å². The molecular formula is C61H130O9S6Si3. The second kappa shape index (κ2) is 56.9. The van der Waals surface area contributed by atoms with Crippen LogP contribution in [0.2, 0.25) is 18.1 Å². The van der Waals surface area contributed by atoms with Gasteiger partial charge in [0.15, 0.2) is 0 Å². The van der Waals surface area contributed by atoms with Crippen molar-refractivity contribution < 1.29 is 39.8 Å². The summed E-state index contributed by atoms with van der Waals surface area (Å²) in [6, 6.07) is 2.62. The Morgan fingerprint density at radius 3 is 0.570 bits per heavy atom. The average Bonchev–Trinajstić information content (AvgIpc) is 3.47. The lowest BCUT2D eigenvalue weighted by molar-refractivity contribution is 0.123. The molecule has 0 radical (unpaired) electrons. The molecule has 0 heterocycles. The van der Waals surface area contributed by atoms with Gasteiger partial charge < -0.3 is 39.8 Å². The third kappa shape index (κ3) is 42.0. The third-order valence-corrected chi connectivity index (χ3v) is 31.9. The Balaban J connectivity index is 5.71. The zero-order valence-corrected chi connectivity index (χ0v) is 61.8. The standard InChI is InChI=1S/C61H130O9S6Si3/c1-13-16-45-71-48-28-39-60(40-29-49-72-46-17-14-2,41-30-50-73-47-18-15-3)37-26-24-22-20-19-21-23-25-27-38-61(42-31-51-74-54-34-57-77(62-4,63-5)64-6,43-32-52-75-55-35-58-78(65-7,66-8)67-9)44-33-53-76-56-36-59-79(68-10,69-11)70-12/h13-59H2,1-12H3. The molecular weight excluding hydrogens is 1150 g/mol. The Morgan fingerprint density at radius 2 is 0.380 bits per heavy atom.